The molecule has 1 aliphatic carbocycles. The highest BCUT2D eigenvalue weighted by Crippen LogP contribution is 2.29. The Morgan fingerprint density at radius 2 is 1.96 bits per heavy atom. The largest absolute Gasteiger partial charge is 0.488 e. The van der Waals surface area contributed by atoms with Gasteiger partial charge < -0.3 is 4.74 Å². The van der Waals surface area contributed by atoms with E-state index in [0.717, 1.165) is 32.1 Å². The van der Waals surface area contributed by atoms with Crippen molar-refractivity contribution in [2.75, 3.05) is 6.61 Å². The van der Waals surface area contributed by atoms with Crippen LogP contribution in [0.3, 0.4) is 0 Å². The van der Waals surface area contributed by atoms with Crippen molar-refractivity contribution < 1.29 is 19.1 Å². The van der Waals surface area contributed by atoms with E-state index in [0.29, 0.717) is 22.4 Å². The van der Waals surface area contributed by atoms with E-state index in [2.05, 4.69) is 27.8 Å². The topological polar surface area (TPSA) is 75.7 Å². The van der Waals surface area contributed by atoms with Gasteiger partial charge in [-0.2, -0.15) is 0 Å². The first-order valence-corrected chi connectivity index (χ1v) is 9.74. The molecule has 7 heteroatoms. The number of rotatable bonds is 5. The summed E-state index contributed by atoms with van der Waals surface area (Å²) in [7, 11) is 0. The number of ether oxygens (including phenoxy) is 1. The van der Waals surface area contributed by atoms with Crippen LogP contribution in [-0.4, -0.2) is 35.4 Å². The zero-order valence-electron chi connectivity index (χ0n) is 14.9. The van der Waals surface area contributed by atoms with Crippen molar-refractivity contribution in [3.8, 4) is 5.75 Å². The molecule has 6 nitrogen and oxygen atoms in total. The molecule has 1 N–H and O–H groups in total. The van der Waals surface area contributed by atoms with Gasteiger partial charge in [-0.15, -0.1) is 0 Å². The van der Waals surface area contributed by atoms with E-state index in [1.807, 2.05) is 0 Å². The number of hydrogen-bond acceptors (Lipinski definition) is 4. The van der Waals surface area contributed by atoms with E-state index < -0.39 is 17.8 Å². The second kappa shape index (κ2) is 8.52. The molecule has 142 valence electrons. The molecule has 1 aliphatic heterocycles. The van der Waals surface area contributed by atoms with Gasteiger partial charge in [0, 0.05) is 6.04 Å². The second-order valence-electron chi connectivity index (χ2n) is 6.57. The molecule has 0 aromatic heterocycles. The molecule has 27 heavy (non-hydrogen) atoms. The lowest BCUT2D eigenvalue weighted by atomic mass is 9.93. The third-order valence-corrected chi connectivity index (χ3v) is 5.32. The van der Waals surface area contributed by atoms with Crippen LogP contribution in [0.1, 0.15) is 37.7 Å². The van der Waals surface area contributed by atoms with Gasteiger partial charge in [0.1, 0.15) is 17.9 Å². The molecule has 0 spiro atoms. The second-order valence-corrected chi connectivity index (χ2v) is 7.43. The fourth-order valence-electron chi connectivity index (χ4n) is 3.38. The zero-order valence-corrected chi connectivity index (χ0v) is 16.5. The predicted molar refractivity (Wildman–Crippen MR) is 105 cm³/mol. The van der Waals surface area contributed by atoms with E-state index in [1.54, 1.807) is 24.3 Å². The van der Waals surface area contributed by atoms with E-state index >= 15 is 0 Å². The Hall–Kier alpha value is -2.41. The van der Waals surface area contributed by atoms with Crippen LogP contribution < -0.4 is 10.1 Å². The highest BCUT2D eigenvalue weighted by atomic mass is 79.9. The Bertz CT molecular complexity index is 812. The summed E-state index contributed by atoms with van der Waals surface area (Å²) >= 11 is 3.42. The van der Waals surface area contributed by atoms with Crippen LogP contribution in [0.25, 0.3) is 6.08 Å². The van der Waals surface area contributed by atoms with Gasteiger partial charge >= 0.3 is 6.03 Å². The molecule has 3 rings (SSSR count). The number of imide groups is 2. The quantitative estimate of drug-likeness (QED) is 0.436. The van der Waals surface area contributed by atoms with Crippen molar-refractivity contribution in [1.29, 1.82) is 0 Å². The first-order valence-electron chi connectivity index (χ1n) is 8.95. The summed E-state index contributed by atoms with van der Waals surface area (Å²) in [5.74, 6) is -0.561. The monoisotopic (exact) mass is 432 g/mol. The van der Waals surface area contributed by atoms with Gasteiger partial charge in [0.15, 0.2) is 0 Å². The smallest absolute Gasteiger partial charge is 0.331 e. The molecule has 1 saturated heterocycles. The minimum atomic E-state index is -0.667. The van der Waals surface area contributed by atoms with Gasteiger partial charge in [0.2, 0.25) is 0 Å². The Morgan fingerprint density at radius 3 is 2.63 bits per heavy atom. The average Bonchev–Trinajstić information content (AvgIpc) is 2.65. The van der Waals surface area contributed by atoms with Crippen LogP contribution in [0.15, 0.2) is 40.9 Å². The summed E-state index contributed by atoms with van der Waals surface area (Å²) in [4.78, 5) is 38.6. The first-order chi connectivity index (χ1) is 13.0. The SMILES string of the molecule is C=CCOc1ccc(C=C2C(=O)NC(=O)N(C3CCCCC3)C2=O)cc1Br. The van der Waals surface area contributed by atoms with Crippen LogP contribution in [0, 0.1) is 0 Å². The number of carbonyl (C=O) groups is 3. The third-order valence-electron chi connectivity index (χ3n) is 4.70. The van der Waals surface area contributed by atoms with E-state index in [9.17, 15) is 14.4 Å². The van der Waals surface area contributed by atoms with Crippen molar-refractivity contribution in [2.45, 2.75) is 38.1 Å². The number of nitrogens with one attached hydrogen (secondary N) is 1. The summed E-state index contributed by atoms with van der Waals surface area (Å²) in [5.41, 5.74) is 0.621. The number of halogens is 1. The lowest BCUT2D eigenvalue weighted by molar-refractivity contribution is -0.132. The van der Waals surface area contributed by atoms with Gasteiger partial charge in [-0.3, -0.25) is 19.8 Å². The van der Waals surface area contributed by atoms with Crippen LogP contribution in [0.4, 0.5) is 4.79 Å². The minimum Gasteiger partial charge on any atom is -0.488 e. The summed E-state index contributed by atoms with van der Waals surface area (Å²) < 4.78 is 6.20. The van der Waals surface area contributed by atoms with Crippen molar-refractivity contribution in [3.63, 3.8) is 0 Å². The van der Waals surface area contributed by atoms with Crippen LogP contribution >= 0.6 is 15.9 Å². The van der Waals surface area contributed by atoms with Gasteiger partial charge in [-0.05, 0) is 52.5 Å². The standard InChI is InChI=1S/C20H21BrN2O4/c1-2-10-27-17-9-8-13(12-16(17)21)11-15-18(24)22-20(26)23(19(15)25)14-6-4-3-5-7-14/h2,8-9,11-12,14H,1,3-7,10H2,(H,22,24,26). The Kier molecular flexibility index (Phi) is 6.11. The number of benzene rings is 1. The van der Waals surface area contributed by atoms with E-state index in [-0.39, 0.29) is 11.6 Å². The van der Waals surface area contributed by atoms with E-state index in [1.165, 1.54) is 11.0 Å². The highest BCUT2D eigenvalue weighted by molar-refractivity contribution is 9.10. The normalized spacial score (nSPS) is 20.0. The maximum absolute atomic E-state index is 12.9. The number of barbiturate groups is 1. The van der Waals surface area contributed by atoms with E-state index in [4.69, 9.17) is 4.74 Å². The van der Waals surface area contributed by atoms with Crippen LogP contribution in [0.5, 0.6) is 5.75 Å². The van der Waals surface area contributed by atoms with Gasteiger partial charge in [-0.25, -0.2) is 4.79 Å². The Balaban J connectivity index is 1.86. The van der Waals surface area contributed by atoms with Crippen molar-refractivity contribution in [2.24, 2.45) is 0 Å². The zero-order chi connectivity index (χ0) is 19.4. The maximum Gasteiger partial charge on any atom is 0.331 e. The molecular weight excluding hydrogens is 412 g/mol. The number of nitrogens with zero attached hydrogens (tertiary/aromatic N) is 1. The lowest BCUT2D eigenvalue weighted by Gasteiger charge is -2.35. The molecule has 1 aromatic carbocycles. The van der Waals surface area contributed by atoms with Gasteiger partial charge in [0.05, 0.1) is 4.47 Å². The molecule has 0 unspecified atom stereocenters. The Labute approximate surface area is 166 Å². The number of urea groups is 1. The molecule has 0 bridgehead atoms. The molecule has 0 atom stereocenters. The van der Waals surface area contributed by atoms with Gasteiger partial charge in [0.25, 0.3) is 11.8 Å². The highest BCUT2D eigenvalue weighted by Gasteiger charge is 2.40. The fraction of sp³-hybridized carbons (Fsp3) is 0.350. The summed E-state index contributed by atoms with van der Waals surface area (Å²) in [6, 6.07) is 4.48. The Morgan fingerprint density at radius 1 is 1.22 bits per heavy atom. The maximum atomic E-state index is 12.9. The fourth-order valence-corrected chi connectivity index (χ4v) is 3.89. The van der Waals surface area contributed by atoms with Crippen molar-refractivity contribution >= 4 is 39.9 Å². The average molecular weight is 433 g/mol. The lowest BCUT2D eigenvalue weighted by Crippen LogP contribution is -2.58. The van der Waals surface area contributed by atoms with Crippen molar-refractivity contribution in [3.05, 3.63) is 46.5 Å². The number of amides is 4. The molecule has 2 fully saturated rings. The molecule has 2 aliphatic rings. The summed E-state index contributed by atoms with van der Waals surface area (Å²) in [5, 5.41) is 2.29. The minimum absolute atomic E-state index is 0.0353. The molecule has 1 aromatic rings. The number of carbonyl (C=O) groups excluding carboxylic acids is 3. The van der Waals surface area contributed by atoms with Gasteiger partial charge in [-0.1, -0.05) is 38.0 Å². The molecular formula is C20H21BrN2O4. The molecule has 0 radical (unpaired) electrons. The van der Waals surface area contributed by atoms with Crippen LogP contribution in [0.2, 0.25) is 0 Å². The number of hydrogen-bond donors (Lipinski definition) is 1. The summed E-state index contributed by atoms with van der Waals surface area (Å²) in [6.07, 6.45) is 7.77. The molecule has 4 amide bonds. The molecule has 1 saturated carbocycles. The third kappa shape index (κ3) is 4.30. The predicted octanol–water partition coefficient (Wildman–Crippen LogP) is 3.81. The van der Waals surface area contributed by atoms with Crippen molar-refractivity contribution in [1.82, 2.24) is 10.2 Å². The molecule has 1 heterocycles. The summed E-state index contributed by atoms with van der Waals surface area (Å²) in [6.45, 7) is 3.98. The van der Waals surface area contributed by atoms with Crippen LogP contribution in [-0.2, 0) is 9.59 Å². The first kappa shape index (κ1) is 19.4.